The van der Waals surface area contributed by atoms with Crippen molar-refractivity contribution in [2.24, 2.45) is 0 Å². The van der Waals surface area contributed by atoms with E-state index >= 15 is 0 Å². The molecule has 2 aliphatic rings. The van der Waals surface area contributed by atoms with Crippen LogP contribution in [0.4, 0.5) is 5.69 Å². The van der Waals surface area contributed by atoms with Gasteiger partial charge < -0.3 is 5.32 Å². The molecule has 0 radical (unpaired) electrons. The highest BCUT2D eigenvalue weighted by Gasteiger charge is 2.34. The van der Waals surface area contributed by atoms with Crippen LogP contribution in [0.2, 0.25) is 0 Å². The van der Waals surface area contributed by atoms with Gasteiger partial charge in [0, 0.05) is 44.8 Å². The second-order valence-electron chi connectivity index (χ2n) is 5.88. The predicted octanol–water partition coefficient (Wildman–Crippen LogP) is 1.11. The zero-order valence-electron chi connectivity index (χ0n) is 12.7. The number of nitrogens with one attached hydrogen (secondary N) is 1. The maximum atomic E-state index is 12.6. The highest BCUT2D eigenvalue weighted by Crippen LogP contribution is 2.28. The number of carbonyl (C=O) groups is 1. The average Bonchev–Trinajstić information content (AvgIpc) is 3.32. The van der Waals surface area contributed by atoms with Crippen molar-refractivity contribution >= 4 is 21.6 Å². The van der Waals surface area contributed by atoms with Gasteiger partial charge in [-0.25, -0.2) is 8.42 Å². The van der Waals surface area contributed by atoms with Crippen molar-refractivity contribution in [2.45, 2.75) is 30.7 Å². The molecule has 7 heteroatoms. The quantitative estimate of drug-likeness (QED) is 0.901. The molecule has 1 amide bonds. The zero-order chi connectivity index (χ0) is 15.7. The number of amides is 1. The van der Waals surface area contributed by atoms with E-state index in [1.54, 1.807) is 28.6 Å². The molecule has 0 aromatic heterocycles. The summed E-state index contributed by atoms with van der Waals surface area (Å²) in [5.74, 6) is -0.174. The summed E-state index contributed by atoms with van der Waals surface area (Å²) in [5, 5.41) is 2.63. The molecule has 1 saturated heterocycles. The first-order valence-electron chi connectivity index (χ1n) is 7.59. The van der Waals surface area contributed by atoms with Crippen LogP contribution in [0, 0.1) is 0 Å². The minimum Gasteiger partial charge on any atom is -0.326 e. The van der Waals surface area contributed by atoms with E-state index < -0.39 is 10.0 Å². The molecule has 0 atom stereocenters. The van der Waals surface area contributed by atoms with Gasteiger partial charge in [0.1, 0.15) is 0 Å². The fraction of sp³-hybridized carbons (Fsp3) is 0.533. The maximum Gasteiger partial charge on any atom is 0.243 e. The van der Waals surface area contributed by atoms with E-state index in [4.69, 9.17) is 0 Å². The number of sulfonamides is 1. The summed E-state index contributed by atoms with van der Waals surface area (Å²) in [6, 6.07) is 7.02. The monoisotopic (exact) mass is 323 g/mol. The number of rotatable bonds is 4. The number of piperazine rings is 1. The summed E-state index contributed by atoms with van der Waals surface area (Å²) < 4.78 is 26.8. The van der Waals surface area contributed by atoms with Gasteiger partial charge in [0.05, 0.1) is 4.90 Å². The first-order valence-corrected chi connectivity index (χ1v) is 9.03. The fourth-order valence-corrected chi connectivity index (χ4v) is 4.23. The van der Waals surface area contributed by atoms with Gasteiger partial charge in [-0.2, -0.15) is 4.31 Å². The van der Waals surface area contributed by atoms with E-state index in [1.165, 1.54) is 19.8 Å². The zero-order valence-corrected chi connectivity index (χ0v) is 13.5. The third-order valence-corrected chi connectivity index (χ3v) is 6.06. The lowest BCUT2D eigenvalue weighted by molar-refractivity contribution is -0.114. The lowest BCUT2D eigenvalue weighted by Gasteiger charge is -2.34. The Labute approximate surface area is 131 Å². The third-order valence-electron chi connectivity index (χ3n) is 4.15. The van der Waals surface area contributed by atoms with Crippen molar-refractivity contribution in [3.8, 4) is 0 Å². The van der Waals surface area contributed by atoms with Gasteiger partial charge in [0.15, 0.2) is 0 Å². The lowest BCUT2D eigenvalue weighted by Crippen LogP contribution is -2.49. The predicted molar refractivity (Wildman–Crippen MR) is 84.1 cm³/mol. The maximum absolute atomic E-state index is 12.6. The summed E-state index contributed by atoms with van der Waals surface area (Å²) >= 11 is 0. The van der Waals surface area contributed by atoms with Crippen LogP contribution >= 0.6 is 0 Å². The van der Waals surface area contributed by atoms with E-state index in [9.17, 15) is 13.2 Å². The van der Waals surface area contributed by atoms with Gasteiger partial charge in [-0.3, -0.25) is 9.69 Å². The molecule has 6 nitrogen and oxygen atoms in total. The SMILES string of the molecule is CC(=O)Nc1ccc(S(=O)(=O)N2CCN(C3CC3)CC2)cc1. The van der Waals surface area contributed by atoms with Crippen LogP contribution in [0.15, 0.2) is 29.2 Å². The van der Waals surface area contributed by atoms with E-state index in [2.05, 4.69) is 10.2 Å². The summed E-state index contributed by atoms with van der Waals surface area (Å²) in [6.45, 7) is 4.14. The van der Waals surface area contributed by atoms with Gasteiger partial charge in [-0.1, -0.05) is 0 Å². The minimum absolute atomic E-state index is 0.174. The summed E-state index contributed by atoms with van der Waals surface area (Å²) in [5.41, 5.74) is 0.602. The Balaban J connectivity index is 1.68. The summed E-state index contributed by atoms with van der Waals surface area (Å²) in [4.78, 5) is 13.7. The first kappa shape index (κ1) is 15.5. The lowest BCUT2D eigenvalue weighted by atomic mass is 10.3. The molecule has 0 spiro atoms. The summed E-state index contributed by atoms with van der Waals surface area (Å²) in [6.07, 6.45) is 2.49. The standard InChI is InChI=1S/C15H21N3O3S/c1-12(19)16-13-2-6-15(7-3-13)22(20,21)18-10-8-17(9-11-18)14-4-5-14/h2-3,6-7,14H,4-5,8-11H2,1H3,(H,16,19). The van der Waals surface area contributed by atoms with E-state index in [0.717, 1.165) is 13.1 Å². The van der Waals surface area contributed by atoms with Crippen molar-refractivity contribution < 1.29 is 13.2 Å². The highest BCUT2D eigenvalue weighted by molar-refractivity contribution is 7.89. The largest absolute Gasteiger partial charge is 0.326 e. The molecule has 1 aliphatic carbocycles. The Kier molecular flexibility index (Phi) is 4.20. The Morgan fingerprint density at radius 2 is 1.68 bits per heavy atom. The van der Waals surface area contributed by atoms with E-state index in [1.807, 2.05) is 0 Å². The molecule has 22 heavy (non-hydrogen) atoms. The smallest absolute Gasteiger partial charge is 0.243 e. The number of hydrogen-bond donors (Lipinski definition) is 1. The third kappa shape index (κ3) is 3.31. The molecule has 0 bridgehead atoms. The Bertz CT molecular complexity index is 645. The van der Waals surface area contributed by atoms with Crippen LogP contribution in [0.25, 0.3) is 0 Å². The van der Waals surface area contributed by atoms with E-state index in [-0.39, 0.29) is 10.8 Å². The molecular formula is C15H21N3O3S. The molecule has 1 aromatic carbocycles. The highest BCUT2D eigenvalue weighted by atomic mass is 32.2. The van der Waals surface area contributed by atoms with Gasteiger partial charge in [-0.05, 0) is 37.1 Å². The number of benzene rings is 1. The second-order valence-corrected chi connectivity index (χ2v) is 7.81. The van der Waals surface area contributed by atoms with E-state index in [0.29, 0.717) is 24.8 Å². The molecule has 0 unspecified atom stereocenters. The molecule has 1 aromatic rings. The number of carbonyl (C=O) groups excluding carboxylic acids is 1. The van der Waals surface area contributed by atoms with Crippen molar-refractivity contribution in [1.29, 1.82) is 0 Å². The molecule has 1 aliphatic heterocycles. The van der Waals surface area contributed by atoms with Crippen LogP contribution < -0.4 is 5.32 Å². The van der Waals surface area contributed by atoms with Crippen LogP contribution in [-0.4, -0.2) is 55.8 Å². The van der Waals surface area contributed by atoms with Gasteiger partial charge >= 0.3 is 0 Å². The van der Waals surface area contributed by atoms with Gasteiger partial charge in [0.2, 0.25) is 15.9 Å². The van der Waals surface area contributed by atoms with Crippen molar-refractivity contribution in [2.75, 3.05) is 31.5 Å². The van der Waals surface area contributed by atoms with Crippen LogP contribution in [0.5, 0.6) is 0 Å². The van der Waals surface area contributed by atoms with Crippen molar-refractivity contribution in [1.82, 2.24) is 9.21 Å². The van der Waals surface area contributed by atoms with Gasteiger partial charge in [-0.15, -0.1) is 0 Å². The molecule has 1 saturated carbocycles. The van der Waals surface area contributed by atoms with Gasteiger partial charge in [0.25, 0.3) is 0 Å². The van der Waals surface area contributed by atoms with Crippen LogP contribution in [-0.2, 0) is 14.8 Å². The van der Waals surface area contributed by atoms with Crippen LogP contribution in [0.1, 0.15) is 19.8 Å². The molecule has 1 N–H and O–H groups in total. The molecule has 1 heterocycles. The summed E-state index contributed by atoms with van der Waals surface area (Å²) in [7, 11) is -3.44. The first-order chi connectivity index (χ1) is 10.5. The normalized spacial score (nSPS) is 20.8. The number of nitrogens with zero attached hydrogens (tertiary/aromatic N) is 2. The minimum atomic E-state index is -3.44. The number of hydrogen-bond acceptors (Lipinski definition) is 4. The average molecular weight is 323 g/mol. The molecule has 2 fully saturated rings. The van der Waals surface area contributed by atoms with Crippen molar-refractivity contribution in [3.63, 3.8) is 0 Å². The van der Waals surface area contributed by atoms with Crippen molar-refractivity contribution in [3.05, 3.63) is 24.3 Å². The molecule has 3 rings (SSSR count). The Morgan fingerprint density at radius 3 is 2.18 bits per heavy atom. The Morgan fingerprint density at radius 1 is 1.09 bits per heavy atom. The molecule has 120 valence electrons. The van der Waals surface area contributed by atoms with Crippen LogP contribution in [0.3, 0.4) is 0 Å². The molecular weight excluding hydrogens is 302 g/mol. The topological polar surface area (TPSA) is 69.7 Å². The Hall–Kier alpha value is -1.44. The fourth-order valence-electron chi connectivity index (χ4n) is 2.81. The second kappa shape index (κ2) is 5.98. The number of anilines is 1.